The molecule has 1 atom stereocenters. The van der Waals surface area contributed by atoms with E-state index in [0.717, 1.165) is 37.7 Å². The van der Waals surface area contributed by atoms with Crippen LogP contribution in [0.5, 0.6) is 5.75 Å². The molecule has 2 aliphatic rings. The van der Waals surface area contributed by atoms with E-state index < -0.39 is 17.7 Å². The predicted octanol–water partition coefficient (Wildman–Crippen LogP) is 4.84. The molecular formula is C25H27NO4. The molecule has 1 unspecified atom stereocenters. The fraction of sp³-hybridized carbons (Fsp3) is 0.360. The van der Waals surface area contributed by atoms with Crippen LogP contribution in [0.1, 0.15) is 56.2 Å². The fourth-order valence-corrected chi connectivity index (χ4v) is 4.60. The van der Waals surface area contributed by atoms with Crippen LogP contribution < -0.4 is 4.74 Å². The molecule has 2 fully saturated rings. The number of carbonyl (C=O) groups excluding carboxylic acids is 2. The van der Waals surface area contributed by atoms with Gasteiger partial charge in [-0.05, 0) is 37.5 Å². The standard InChI is InChI=1S/C25H27NO4/c1-2-30-20-15-9-12-18(16-20)23(27)21-22(17-10-5-3-6-11-17)26(25(29)24(21)28)19-13-7-4-8-14-19/h3,5-6,9-12,15-16,19,22,27H,2,4,7-8,13-14H2,1H3/b23-21-. The molecule has 5 nitrogen and oxygen atoms in total. The third-order valence-electron chi connectivity index (χ3n) is 5.98. The summed E-state index contributed by atoms with van der Waals surface area (Å²) in [7, 11) is 0. The van der Waals surface area contributed by atoms with Gasteiger partial charge < -0.3 is 14.7 Å². The summed E-state index contributed by atoms with van der Waals surface area (Å²) in [6.45, 7) is 2.39. The van der Waals surface area contributed by atoms with Crippen LogP contribution in [-0.2, 0) is 9.59 Å². The molecule has 1 aliphatic heterocycles. The molecule has 1 saturated heterocycles. The Hall–Kier alpha value is -3.08. The van der Waals surface area contributed by atoms with Crippen molar-refractivity contribution >= 4 is 17.4 Å². The number of nitrogens with zero attached hydrogens (tertiary/aromatic N) is 1. The smallest absolute Gasteiger partial charge is 0.295 e. The molecular weight excluding hydrogens is 378 g/mol. The highest BCUT2D eigenvalue weighted by Gasteiger charge is 2.48. The fourth-order valence-electron chi connectivity index (χ4n) is 4.60. The first kappa shape index (κ1) is 20.2. The number of aliphatic hydroxyl groups excluding tert-OH is 1. The van der Waals surface area contributed by atoms with Crippen LogP contribution in [0, 0.1) is 0 Å². The lowest BCUT2D eigenvalue weighted by Gasteiger charge is -2.35. The van der Waals surface area contributed by atoms with E-state index in [1.807, 2.05) is 37.3 Å². The second-order valence-electron chi connectivity index (χ2n) is 7.87. The summed E-state index contributed by atoms with van der Waals surface area (Å²) in [5.74, 6) is -0.673. The van der Waals surface area contributed by atoms with Crippen LogP contribution in [0.3, 0.4) is 0 Å². The predicted molar refractivity (Wildman–Crippen MR) is 115 cm³/mol. The summed E-state index contributed by atoms with van der Waals surface area (Å²) in [4.78, 5) is 28.0. The van der Waals surface area contributed by atoms with Crippen molar-refractivity contribution in [1.29, 1.82) is 0 Å². The average molecular weight is 405 g/mol. The summed E-state index contributed by atoms with van der Waals surface area (Å²) >= 11 is 0. The Morgan fingerprint density at radius 2 is 1.77 bits per heavy atom. The molecule has 2 aromatic carbocycles. The van der Waals surface area contributed by atoms with Gasteiger partial charge in [0.25, 0.3) is 11.7 Å². The maximum atomic E-state index is 13.1. The van der Waals surface area contributed by atoms with Gasteiger partial charge in [0, 0.05) is 11.6 Å². The lowest BCUT2D eigenvalue weighted by Crippen LogP contribution is -2.40. The van der Waals surface area contributed by atoms with E-state index in [9.17, 15) is 14.7 Å². The topological polar surface area (TPSA) is 66.8 Å². The molecule has 2 aromatic rings. The molecule has 4 rings (SSSR count). The molecule has 156 valence electrons. The van der Waals surface area contributed by atoms with Crippen LogP contribution in [0.4, 0.5) is 0 Å². The van der Waals surface area contributed by atoms with Crippen molar-refractivity contribution in [2.75, 3.05) is 6.61 Å². The Labute approximate surface area is 177 Å². The second kappa shape index (κ2) is 8.74. The van der Waals surface area contributed by atoms with E-state index in [-0.39, 0.29) is 17.4 Å². The molecule has 1 saturated carbocycles. The van der Waals surface area contributed by atoms with Crippen LogP contribution in [-0.4, -0.2) is 34.3 Å². The van der Waals surface area contributed by atoms with Gasteiger partial charge in [-0.3, -0.25) is 9.59 Å². The Morgan fingerprint density at radius 3 is 2.47 bits per heavy atom. The zero-order chi connectivity index (χ0) is 21.1. The van der Waals surface area contributed by atoms with Crippen LogP contribution >= 0.6 is 0 Å². The van der Waals surface area contributed by atoms with E-state index in [4.69, 9.17) is 4.74 Å². The minimum absolute atomic E-state index is 0.0143. The number of aliphatic hydroxyl groups is 1. The highest BCUT2D eigenvalue weighted by molar-refractivity contribution is 6.46. The first-order valence-electron chi connectivity index (χ1n) is 10.7. The number of rotatable bonds is 5. The van der Waals surface area contributed by atoms with Gasteiger partial charge in [0.1, 0.15) is 11.5 Å². The highest BCUT2D eigenvalue weighted by Crippen LogP contribution is 2.43. The minimum Gasteiger partial charge on any atom is -0.507 e. The van der Waals surface area contributed by atoms with Crippen LogP contribution in [0.2, 0.25) is 0 Å². The third-order valence-corrected chi connectivity index (χ3v) is 5.98. The van der Waals surface area contributed by atoms with Crippen LogP contribution in [0.15, 0.2) is 60.2 Å². The Balaban J connectivity index is 1.84. The van der Waals surface area contributed by atoms with Crippen molar-refractivity contribution in [2.45, 2.75) is 51.1 Å². The highest BCUT2D eigenvalue weighted by atomic mass is 16.5. The van der Waals surface area contributed by atoms with E-state index in [1.165, 1.54) is 0 Å². The van der Waals surface area contributed by atoms with Gasteiger partial charge in [-0.1, -0.05) is 61.7 Å². The summed E-state index contributed by atoms with van der Waals surface area (Å²) < 4.78 is 5.54. The summed E-state index contributed by atoms with van der Waals surface area (Å²) in [5.41, 5.74) is 1.47. The van der Waals surface area contributed by atoms with Gasteiger partial charge in [0.15, 0.2) is 0 Å². The van der Waals surface area contributed by atoms with Crippen molar-refractivity contribution in [1.82, 2.24) is 4.90 Å². The average Bonchev–Trinajstić information content (AvgIpc) is 3.05. The SMILES string of the molecule is CCOc1cccc(/C(O)=C2/C(=O)C(=O)N(C3CCCCC3)C2c2ccccc2)c1. The number of benzene rings is 2. The largest absolute Gasteiger partial charge is 0.507 e. The van der Waals surface area contributed by atoms with E-state index in [0.29, 0.717) is 17.9 Å². The van der Waals surface area contributed by atoms with Crippen LogP contribution in [0.25, 0.3) is 5.76 Å². The first-order valence-corrected chi connectivity index (χ1v) is 10.7. The number of Topliss-reactive ketones (excluding diaryl/α,β-unsaturated/α-hetero) is 1. The maximum Gasteiger partial charge on any atom is 0.295 e. The number of carbonyl (C=O) groups is 2. The van der Waals surface area contributed by atoms with E-state index in [1.54, 1.807) is 29.2 Å². The second-order valence-corrected chi connectivity index (χ2v) is 7.87. The maximum absolute atomic E-state index is 13.1. The molecule has 30 heavy (non-hydrogen) atoms. The summed E-state index contributed by atoms with van der Waals surface area (Å²) in [6.07, 6.45) is 5.02. The number of amides is 1. The molecule has 0 radical (unpaired) electrons. The Bertz CT molecular complexity index is 960. The lowest BCUT2D eigenvalue weighted by atomic mass is 9.91. The molecule has 1 aliphatic carbocycles. The van der Waals surface area contributed by atoms with Gasteiger partial charge in [0.05, 0.1) is 18.2 Å². The molecule has 0 aromatic heterocycles. The minimum atomic E-state index is -0.617. The van der Waals surface area contributed by atoms with Crippen molar-refractivity contribution < 1.29 is 19.4 Å². The van der Waals surface area contributed by atoms with Gasteiger partial charge in [-0.15, -0.1) is 0 Å². The number of ether oxygens (including phenoxy) is 1. The zero-order valence-corrected chi connectivity index (χ0v) is 17.2. The number of hydrogen-bond acceptors (Lipinski definition) is 4. The molecule has 0 bridgehead atoms. The normalized spacial score (nSPS) is 21.8. The Kier molecular flexibility index (Phi) is 5.88. The van der Waals surface area contributed by atoms with E-state index in [2.05, 4.69) is 0 Å². The molecule has 1 amide bonds. The van der Waals surface area contributed by atoms with Crippen molar-refractivity contribution in [3.05, 3.63) is 71.3 Å². The van der Waals surface area contributed by atoms with Gasteiger partial charge in [-0.2, -0.15) is 0 Å². The number of ketones is 1. The lowest BCUT2D eigenvalue weighted by molar-refractivity contribution is -0.141. The molecule has 1 N–H and O–H groups in total. The molecule has 5 heteroatoms. The monoisotopic (exact) mass is 405 g/mol. The van der Waals surface area contributed by atoms with Gasteiger partial charge >= 0.3 is 0 Å². The summed E-state index contributed by atoms with van der Waals surface area (Å²) in [6, 6.07) is 16.0. The van der Waals surface area contributed by atoms with E-state index >= 15 is 0 Å². The van der Waals surface area contributed by atoms with Crippen molar-refractivity contribution in [3.8, 4) is 5.75 Å². The number of likely N-dealkylation sites (tertiary alicyclic amines) is 1. The van der Waals surface area contributed by atoms with Gasteiger partial charge in [0.2, 0.25) is 0 Å². The first-order chi connectivity index (χ1) is 14.6. The summed E-state index contributed by atoms with van der Waals surface area (Å²) in [5, 5.41) is 11.2. The molecule has 1 heterocycles. The zero-order valence-electron chi connectivity index (χ0n) is 17.2. The number of hydrogen-bond donors (Lipinski definition) is 1. The van der Waals surface area contributed by atoms with Gasteiger partial charge in [-0.25, -0.2) is 0 Å². The third kappa shape index (κ3) is 3.72. The quantitative estimate of drug-likeness (QED) is 0.439. The molecule has 0 spiro atoms. The van der Waals surface area contributed by atoms with Crippen molar-refractivity contribution in [3.63, 3.8) is 0 Å². The van der Waals surface area contributed by atoms with Crippen molar-refractivity contribution in [2.24, 2.45) is 0 Å². The Morgan fingerprint density at radius 1 is 1.03 bits per heavy atom.